The van der Waals surface area contributed by atoms with Crippen LogP contribution in [-0.2, 0) is 0 Å². The van der Waals surface area contributed by atoms with Gasteiger partial charge < -0.3 is 5.11 Å². The van der Waals surface area contributed by atoms with Crippen LogP contribution in [0.2, 0.25) is 5.02 Å². The molecular weight excluding hydrogens is 361 g/mol. The number of halogens is 2. The molecule has 18 heavy (non-hydrogen) atoms. The Morgan fingerprint density at radius 3 is 2.56 bits per heavy atom. The molecule has 0 bridgehead atoms. The van der Waals surface area contributed by atoms with Crippen molar-refractivity contribution in [2.75, 3.05) is 0 Å². The molecule has 92 valence electrons. The first-order chi connectivity index (χ1) is 8.56. The van der Waals surface area contributed by atoms with Gasteiger partial charge in [0, 0.05) is 16.8 Å². The Labute approximate surface area is 124 Å². The molecule has 0 amide bonds. The molecule has 0 radical (unpaired) electrons. The quantitative estimate of drug-likeness (QED) is 0.602. The maximum atomic E-state index is 9.92. The van der Waals surface area contributed by atoms with Gasteiger partial charge in [0.1, 0.15) is 5.75 Å². The molecule has 4 heteroatoms. The van der Waals surface area contributed by atoms with Crippen molar-refractivity contribution in [1.29, 1.82) is 0 Å². The van der Waals surface area contributed by atoms with E-state index in [-0.39, 0.29) is 5.75 Å². The lowest BCUT2D eigenvalue weighted by Gasteiger charge is -2.03. The van der Waals surface area contributed by atoms with Crippen LogP contribution in [0.15, 0.2) is 41.4 Å². The fraction of sp³-hybridized carbons (Fsp3) is 0.0714. The van der Waals surface area contributed by atoms with Crippen molar-refractivity contribution in [2.24, 2.45) is 4.99 Å². The molecular formula is C14H11ClINO. The largest absolute Gasteiger partial charge is 0.506 e. The van der Waals surface area contributed by atoms with E-state index in [1.807, 2.05) is 31.2 Å². The molecule has 2 aromatic rings. The number of aromatic hydroxyl groups is 1. The Kier molecular flexibility index (Phi) is 4.24. The van der Waals surface area contributed by atoms with Crippen molar-refractivity contribution in [3.63, 3.8) is 0 Å². The smallest absolute Gasteiger partial charge is 0.137 e. The predicted octanol–water partition coefficient (Wildman–Crippen LogP) is 4.71. The summed E-state index contributed by atoms with van der Waals surface area (Å²) in [5.41, 5.74) is 2.61. The molecule has 0 aromatic heterocycles. The van der Waals surface area contributed by atoms with E-state index < -0.39 is 0 Å². The van der Waals surface area contributed by atoms with Gasteiger partial charge in [0.05, 0.1) is 9.26 Å². The third-order valence-electron chi connectivity index (χ3n) is 2.42. The summed E-state index contributed by atoms with van der Waals surface area (Å²) in [7, 11) is 0. The molecule has 0 saturated heterocycles. The second-order valence-electron chi connectivity index (χ2n) is 3.92. The van der Waals surface area contributed by atoms with Crippen LogP contribution in [0, 0.1) is 10.5 Å². The Morgan fingerprint density at radius 2 is 1.89 bits per heavy atom. The van der Waals surface area contributed by atoms with Crippen LogP contribution in [0.5, 0.6) is 5.75 Å². The summed E-state index contributed by atoms with van der Waals surface area (Å²) < 4.78 is 0.824. The molecule has 0 unspecified atom stereocenters. The van der Waals surface area contributed by atoms with Gasteiger partial charge in [-0.15, -0.1) is 0 Å². The number of nitrogens with zero attached hydrogens (tertiary/aromatic N) is 1. The van der Waals surface area contributed by atoms with Crippen LogP contribution in [0.1, 0.15) is 11.1 Å². The Bertz CT molecular complexity index is 593. The van der Waals surface area contributed by atoms with Crippen LogP contribution in [0.25, 0.3) is 0 Å². The van der Waals surface area contributed by atoms with E-state index in [1.165, 1.54) is 0 Å². The number of phenolic OH excluding ortho intramolecular Hbond substituents is 1. The van der Waals surface area contributed by atoms with Gasteiger partial charge in [-0.3, -0.25) is 4.99 Å². The number of phenols is 1. The zero-order valence-corrected chi connectivity index (χ0v) is 12.6. The number of hydrogen-bond donors (Lipinski definition) is 1. The molecule has 0 saturated carbocycles. The monoisotopic (exact) mass is 371 g/mol. The molecule has 0 aliphatic heterocycles. The highest BCUT2D eigenvalue weighted by molar-refractivity contribution is 14.1. The van der Waals surface area contributed by atoms with E-state index >= 15 is 0 Å². The van der Waals surface area contributed by atoms with Crippen molar-refractivity contribution in [2.45, 2.75) is 6.92 Å². The van der Waals surface area contributed by atoms with Crippen LogP contribution < -0.4 is 0 Å². The minimum Gasteiger partial charge on any atom is -0.506 e. The fourth-order valence-electron chi connectivity index (χ4n) is 1.53. The maximum absolute atomic E-state index is 9.92. The minimum atomic E-state index is 0.263. The Balaban J connectivity index is 2.31. The van der Waals surface area contributed by atoms with Crippen LogP contribution in [0.3, 0.4) is 0 Å². The van der Waals surface area contributed by atoms with E-state index in [4.69, 9.17) is 11.6 Å². The number of aryl methyl sites for hydroxylation is 1. The molecule has 0 spiro atoms. The summed E-state index contributed by atoms with van der Waals surface area (Å²) >= 11 is 7.91. The summed E-state index contributed by atoms with van der Waals surface area (Å²) in [6.07, 6.45) is 1.66. The average Bonchev–Trinajstić information content (AvgIpc) is 2.34. The number of aliphatic imine (C=N–C) groups is 1. The summed E-state index contributed by atoms with van der Waals surface area (Å²) in [4.78, 5) is 4.31. The molecule has 0 fully saturated rings. The van der Waals surface area contributed by atoms with Crippen molar-refractivity contribution in [1.82, 2.24) is 0 Å². The van der Waals surface area contributed by atoms with E-state index in [9.17, 15) is 5.11 Å². The summed E-state index contributed by atoms with van der Waals surface area (Å²) in [5, 5.41) is 10.6. The van der Waals surface area contributed by atoms with Crippen molar-refractivity contribution in [3.05, 3.63) is 56.1 Å². The summed E-state index contributed by atoms with van der Waals surface area (Å²) in [6, 6.07) is 11.1. The predicted molar refractivity (Wildman–Crippen MR) is 84.3 cm³/mol. The van der Waals surface area contributed by atoms with E-state index in [0.717, 1.165) is 14.8 Å². The topological polar surface area (TPSA) is 32.6 Å². The molecule has 2 nitrogen and oxygen atoms in total. The zero-order valence-electron chi connectivity index (χ0n) is 9.69. The van der Waals surface area contributed by atoms with Gasteiger partial charge >= 0.3 is 0 Å². The van der Waals surface area contributed by atoms with Gasteiger partial charge in [0.15, 0.2) is 0 Å². The van der Waals surface area contributed by atoms with Crippen LogP contribution in [-0.4, -0.2) is 11.3 Å². The lowest BCUT2D eigenvalue weighted by Crippen LogP contribution is -1.87. The molecule has 1 N–H and O–H groups in total. The second kappa shape index (κ2) is 5.71. The van der Waals surface area contributed by atoms with Crippen LogP contribution >= 0.6 is 34.2 Å². The van der Waals surface area contributed by atoms with Crippen molar-refractivity contribution < 1.29 is 5.11 Å². The highest BCUT2D eigenvalue weighted by Crippen LogP contribution is 2.25. The van der Waals surface area contributed by atoms with Gasteiger partial charge in [-0.2, -0.15) is 0 Å². The Hall–Kier alpha value is -1.07. The third kappa shape index (κ3) is 3.23. The normalized spacial score (nSPS) is 11.1. The standard InChI is InChI=1S/C14H11ClINO/c1-9-6-10(14(18)13(16)7-9)8-17-12-4-2-11(15)3-5-12/h2-8,18H,1H3/b17-8+. The first-order valence-corrected chi connectivity index (χ1v) is 6.80. The molecule has 0 aliphatic carbocycles. The van der Waals surface area contributed by atoms with E-state index in [0.29, 0.717) is 10.6 Å². The highest BCUT2D eigenvalue weighted by atomic mass is 127. The maximum Gasteiger partial charge on any atom is 0.137 e. The molecule has 0 atom stereocenters. The van der Waals surface area contributed by atoms with Crippen LogP contribution in [0.4, 0.5) is 5.69 Å². The third-order valence-corrected chi connectivity index (χ3v) is 3.49. The highest BCUT2D eigenvalue weighted by Gasteiger charge is 2.04. The number of hydrogen-bond acceptors (Lipinski definition) is 2. The average molecular weight is 372 g/mol. The summed E-state index contributed by atoms with van der Waals surface area (Å²) in [6.45, 7) is 1.99. The SMILES string of the molecule is Cc1cc(I)c(O)c(/C=N/c2ccc(Cl)cc2)c1. The molecule has 0 heterocycles. The van der Waals surface area contributed by atoms with E-state index in [1.54, 1.807) is 18.3 Å². The lowest BCUT2D eigenvalue weighted by molar-refractivity contribution is 0.470. The van der Waals surface area contributed by atoms with Crippen molar-refractivity contribution >= 4 is 46.1 Å². The van der Waals surface area contributed by atoms with Gasteiger partial charge in [0.2, 0.25) is 0 Å². The van der Waals surface area contributed by atoms with Gasteiger partial charge in [-0.05, 0) is 71.5 Å². The first kappa shape index (κ1) is 13.4. The Morgan fingerprint density at radius 1 is 1.22 bits per heavy atom. The van der Waals surface area contributed by atoms with Gasteiger partial charge in [0.25, 0.3) is 0 Å². The van der Waals surface area contributed by atoms with E-state index in [2.05, 4.69) is 27.6 Å². The second-order valence-corrected chi connectivity index (χ2v) is 5.52. The number of benzene rings is 2. The summed E-state index contributed by atoms with van der Waals surface area (Å²) in [5.74, 6) is 0.263. The molecule has 0 aliphatic rings. The zero-order chi connectivity index (χ0) is 13.1. The minimum absolute atomic E-state index is 0.263. The van der Waals surface area contributed by atoms with Crippen molar-refractivity contribution in [3.8, 4) is 5.75 Å². The number of rotatable bonds is 2. The first-order valence-electron chi connectivity index (χ1n) is 5.35. The molecule has 2 rings (SSSR count). The van der Waals surface area contributed by atoms with Gasteiger partial charge in [-0.25, -0.2) is 0 Å². The fourth-order valence-corrected chi connectivity index (χ4v) is 2.46. The van der Waals surface area contributed by atoms with Gasteiger partial charge in [-0.1, -0.05) is 11.6 Å². The molecule has 2 aromatic carbocycles. The lowest BCUT2D eigenvalue weighted by atomic mass is 10.1.